The average molecular weight is 373 g/mol. The number of nitrogens with one attached hydrogen (secondary N) is 1. The lowest BCUT2D eigenvalue weighted by Gasteiger charge is -2.09. The first-order valence-corrected chi connectivity index (χ1v) is 7.42. The van der Waals surface area contributed by atoms with Gasteiger partial charge >= 0.3 is 6.18 Å². The first-order chi connectivity index (χ1) is 11.3. The molecule has 3 aromatic rings. The molecule has 0 aliphatic carbocycles. The van der Waals surface area contributed by atoms with Crippen LogP contribution in [0.3, 0.4) is 0 Å². The molecular weight excluding hydrogens is 364 g/mol. The lowest BCUT2D eigenvalue weighted by atomic mass is 10.1. The Morgan fingerprint density at radius 3 is 2.42 bits per heavy atom. The smallest absolute Gasteiger partial charge is 0.418 e. The highest BCUT2D eigenvalue weighted by molar-refractivity contribution is 6.31. The number of nitrogens with zero attached hydrogens (tertiary/aromatic N) is 1. The van der Waals surface area contributed by atoms with E-state index in [0.29, 0.717) is 15.9 Å². The fraction of sp³-hybridized carbons (Fsp3) is 0.0625. The summed E-state index contributed by atoms with van der Waals surface area (Å²) in [4.78, 5) is 6.58. The number of hydrogen-bond acceptors (Lipinski definition) is 2. The SMILES string of the molecule is Oc1[nH]c2ccc(Cl)cc2c1C=Nc1ccc(Cl)cc1C(F)(F)F. The number of benzene rings is 2. The van der Waals surface area contributed by atoms with Crippen molar-refractivity contribution in [2.75, 3.05) is 0 Å². The second-order valence-electron chi connectivity index (χ2n) is 4.99. The van der Waals surface area contributed by atoms with Gasteiger partial charge in [0.15, 0.2) is 5.88 Å². The molecule has 0 saturated carbocycles. The highest BCUT2D eigenvalue weighted by Gasteiger charge is 2.33. The van der Waals surface area contributed by atoms with Crippen LogP contribution in [0.2, 0.25) is 10.0 Å². The van der Waals surface area contributed by atoms with Crippen molar-refractivity contribution in [2.45, 2.75) is 6.18 Å². The van der Waals surface area contributed by atoms with Crippen molar-refractivity contribution in [1.29, 1.82) is 0 Å². The molecule has 0 unspecified atom stereocenters. The molecule has 8 heteroatoms. The molecule has 2 aromatic carbocycles. The van der Waals surface area contributed by atoms with Gasteiger partial charge in [-0.3, -0.25) is 4.99 Å². The number of aromatic nitrogens is 1. The van der Waals surface area contributed by atoms with Crippen molar-refractivity contribution in [1.82, 2.24) is 4.98 Å². The van der Waals surface area contributed by atoms with Crippen LogP contribution in [0, 0.1) is 0 Å². The largest absolute Gasteiger partial charge is 0.494 e. The molecule has 0 radical (unpaired) electrons. The highest BCUT2D eigenvalue weighted by Crippen LogP contribution is 2.38. The summed E-state index contributed by atoms with van der Waals surface area (Å²) in [6.07, 6.45) is -3.44. The van der Waals surface area contributed by atoms with Gasteiger partial charge in [-0.25, -0.2) is 0 Å². The maximum Gasteiger partial charge on any atom is 0.418 e. The number of aromatic amines is 1. The quantitative estimate of drug-likeness (QED) is 0.536. The van der Waals surface area contributed by atoms with Crippen molar-refractivity contribution in [3.8, 4) is 5.88 Å². The number of aliphatic imine (C=N–C) groups is 1. The minimum Gasteiger partial charge on any atom is -0.494 e. The van der Waals surface area contributed by atoms with Gasteiger partial charge in [0.1, 0.15) is 0 Å². The molecule has 124 valence electrons. The lowest BCUT2D eigenvalue weighted by Crippen LogP contribution is -2.05. The van der Waals surface area contributed by atoms with Crippen molar-refractivity contribution in [3.63, 3.8) is 0 Å². The third-order valence-corrected chi connectivity index (χ3v) is 3.85. The molecule has 0 bridgehead atoms. The van der Waals surface area contributed by atoms with Crippen LogP contribution in [-0.2, 0) is 6.18 Å². The van der Waals surface area contributed by atoms with Gasteiger partial charge in [-0.1, -0.05) is 23.2 Å². The van der Waals surface area contributed by atoms with E-state index in [1.807, 2.05) is 0 Å². The molecule has 0 saturated heterocycles. The maximum atomic E-state index is 13.1. The number of rotatable bonds is 2. The maximum absolute atomic E-state index is 13.1. The van der Waals surface area contributed by atoms with Crippen LogP contribution in [0.25, 0.3) is 10.9 Å². The summed E-state index contributed by atoms with van der Waals surface area (Å²) in [5.41, 5.74) is -0.424. The highest BCUT2D eigenvalue weighted by atomic mass is 35.5. The monoisotopic (exact) mass is 372 g/mol. The number of aromatic hydroxyl groups is 1. The number of alkyl halides is 3. The van der Waals surface area contributed by atoms with Crippen LogP contribution in [0.1, 0.15) is 11.1 Å². The summed E-state index contributed by atoms with van der Waals surface area (Å²) in [5.74, 6) is -0.210. The minimum atomic E-state index is -4.59. The molecule has 0 amide bonds. The van der Waals surface area contributed by atoms with Crippen LogP contribution in [0.15, 0.2) is 41.4 Å². The molecule has 1 aromatic heterocycles. The van der Waals surface area contributed by atoms with Gasteiger partial charge in [-0.05, 0) is 36.4 Å². The van der Waals surface area contributed by atoms with Crippen molar-refractivity contribution in [3.05, 3.63) is 57.6 Å². The average Bonchev–Trinajstić information content (AvgIpc) is 2.80. The van der Waals surface area contributed by atoms with E-state index in [1.54, 1.807) is 18.2 Å². The van der Waals surface area contributed by atoms with Crippen LogP contribution < -0.4 is 0 Å². The normalized spacial score (nSPS) is 12.4. The molecular formula is C16H9Cl2F3N2O. The lowest BCUT2D eigenvalue weighted by molar-refractivity contribution is -0.137. The Morgan fingerprint density at radius 1 is 1.04 bits per heavy atom. The predicted molar refractivity (Wildman–Crippen MR) is 88.7 cm³/mol. The second kappa shape index (κ2) is 6.03. The number of H-pyrrole nitrogens is 1. The van der Waals surface area contributed by atoms with Gasteiger partial charge in [0, 0.05) is 27.2 Å². The number of halogens is 5. The predicted octanol–water partition coefficient (Wildman–Crippen LogP) is 5.95. The van der Waals surface area contributed by atoms with E-state index in [2.05, 4.69) is 9.98 Å². The molecule has 0 atom stereocenters. The van der Waals surface area contributed by atoms with E-state index in [0.717, 1.165) is 12.3 Å². The molecule has 0 spiro atoms. The third-order valence-electron chi connectivity index (χ3n) is 3.38. The topological polar surface area (TPSA) is 48.4 Å². The summed E-state index contributed by atoms with van der Waals surface area (Å²) < 4.78 is 39.2. The molecule has 1 heterocycles. The number of hydrogen-bond donors (Lipinski definition) is 2. The zero-order valence-electron chi connectivity index (χ0n) is 11.8. The molecule has 24 heavy (non-hydrogen) atoms. The Bertz CT molecular complexity index is 948. The Morgan fingerprint density at radius 2 is 1.71 bits per heavy atom. The molecule has 2 N–H and O–H groups in total. The first kappa shape index (κ1) is 16.7. The van der Waals surface area contributed by atoms with Gasteiger partial charge in [0.25, 0.3) is 0 Å². The zero-order chi connectivity index (χ0) is 17.5. The zero-order valence-corrected chi connectivity index (χ0v) is 13.3. The van der Waals surface area contributed by atoms with Crippen molar-refractivity contribution in [2.24, 2.45) is 4.99 Å². The van der Waals surface area contributed by atoms with Gasteiger partial charge < -0.3 is 10.1 Å². The molecule has 0 aliphatic rings. The van der Waals surface area contributed by atoms with Crippen molar-refractivity contribution >= 4 is 46.0 Å². The molecule has 3 nitrogen and oxygen atoms in total. The Hall–Kier alpha value is -2.18. The Labute approximate surface area is 144 Å². The van der Waals surface area contributed by atoms with E-state index >= 15 is 0 Å². The summed E-state index contributed by atoms with van der Waals surface area (Å²) in [6.45, 7) is 0. The van der Waals surface area contributed by atoms with E-state index in [4.69, 9.17) is 23.2 Å². The van der Waals surface area contributed by atoms with Gasteiger partial charge in [0.05, 0.1) is 16.8 Å². The molecule has 0 aliphatic heterocycles. The van der Waals surface area contributed by atoms with E-state index in [-0.39, 0.29) is 22.2 Å². The second-order valence-corrected chi connectivity index (χ2v) is 5.87. The van der Waals surface area contributed by atoms with E-state index in [9.17, 15) is 18.3 Å². The van der Waals surface area contributed by atoms with Crippen LogP contribution in [0.5, 0.6) is 5.88 Å². The first-order valence-electron chi connectivity index (χ1n) is 6.67. The van der Waals surface area contributed by atoms with Crippen molar-refractivity contribution < 1.29 is 18.3 Å². The van der Waals surface area contributed by atoms with Gasteiger partial charge in [0.2, 0.25) is 0 Å². The van der Waals surface area contributed by atoms with Crippen LogP contribution in [0.4, 0.5) is 18.9 Å². The Kier molecular flexibility index (Phi) is 4.19. The molecule has 0 fully saturated rings. The van der Waals surface area contributed by atoms with Crippen LogP contribution in [-0.4, -0.2) is 16.3 Å². The van der Waals surface area contributed by atoms with Crippen LogP contribution >= 0.6 is 23.2 Å². The van der Waals surface area contributed by atoms with Gasteiger partial charge in [-0.2, -0.15) is 13.2 Å². The standard InChI is InChI=1S/C16H9Cl2F3N2O/c17-8-1-3-13-10(5-8)11(15(24)23-13)7-22-14-4-2-9(18)6-12(14)16(19,20)21/h1-7,23-24H. The summed E-state index contributed by atoms with van der Waals surface area (Å²) >= 11 is 11.5. The summed E-state index contributed by atoms with van der Waals surface area (Å²) in [7, 11) is 0. The summed E-state index contributed by atoms with van der Waals surface area (Å²) in [6, 6.07) is 8.15. The van der Waals surface area contributed by atoms with E-state index in [1.165, 1.54) is 12.1 Å². The fourth-order valence-electron chi connectivity index (χ4n) is 2.28. The third kappa shape index (κ3) is 3.20. The summed E-state index contributed by atoms with van der Waals surface area (Å²) in [5, 5.41) is 10.9. The number of fused-ring (bicyclic) bond motifs is 1. The Balaban J connectivity index is 2.10. The van der Waals surface area contributed by atoms with Gasteiger partial charge in [-0.15, -0.1) is 0 Å². The minimum absolute atomic E-state index is 0.0389. The molecule has 3 rings (SSSR count). The van der Waals surface area contributed by atoms with E-state index < -0.39 is 11.7 Å². The fourth-order valence-corrected chi connectivity index (χ4v) is 2.63.